The van der Waals surface area contributed by atoms with Crippen molar-refractivity contribution in [2.75, 3.05) is 0 Å². The maximum atomic E-state index is 2.35. The molecule has 0 aliphatic heterocycles. The number of hydrogen-bond donors (Lipinski definition) is 0. The third-order valence-corrected chi connectivity index (χ3v) is 1.69. The van der Waals surface area contributed by atoms with Gasteiger partial charge in [0, 0.05) is 0 Å². The third-order valence-electron chi connectivity index (χ3n) is 1.69. The molecule has 0 heteroatoms. The molecule has 0 saturated carbocycles. The first-order valence-electron chi connectivity index (χ1n) is 4.88. The van der Waals surface area contributed by atoms with Gasteiger partial charge in [-0.15, -0.1) is 0 Å². The van der Waals surface area contributed by atoms with Crippen LogP contribution in [0.4, 0.5) is 0 Å². The lowest BCUT2D eigenvalue weighted by Crippen LogP contribution is -1.74. The Hall–Kier alpha value is -0.260. The van der Waals surface area contributed by atoms with E-state index in [0.717, 1.165) is 0 Å². The Labute approximate surface area is 71.7 Å². The van der Waals surface area contributed by atoms with Crippen molar-refractivity contribution in [2.45, 2.75) is 52.4 Å². The van der Waals surface area contributed by atoms with E-state index in [4.69, 9.17) is 0 Å². The van der Waals surface area contributed by atoms with Crippen LogP contribution in [0.1, 0.15) is 52.4 Å². The summed E-state index contributed by atoms with van der Waals surface area (Å²) in [7, 11) is 0. The van der Waals surface area contributed by atoms with Crippen LogP contribution < -0.4 is 0 Å². The highest BCUT2D eigenvalue weighted by atomic mass is 13.9. The number of allylic oxidation sites excluding steroid dienone is 2. The molecular formula is C11H21. The molecule has 0 bridgehead atoms. The van der Waals surface area contributed by atoms with Gasteiger partial charge >= 0.3 is 0 Å². The average molecular weight is 153 g/mol. The van der Waals surface area contributed by atoms with Gasteiger partial charge in [-0.25, -0.2) is 0 Å². The van der Waals surface area contributed by atoms with E-state index in [0.29, 0.717) is 0 Å². The molecule has 0 aromatic rings. The van der Waals surface area contributed by atoms with Gasteiger partial charge in [0.2, 0.25) is 0 Å². The zero-order valence-corrected chi connectivity index (χ0v) is 7.97. The Morgan fingerprint density at radius 1 is 0.909 bits per heavy atom. The highest BCUT2D eigenvalue weighted by molar-refractivity contribution is 4.81. The molecule has 0 fully saturated rings. The van der Waals surface area contributed by atoms with Crippen LogP contribution in [0.2, 0.25) is 0 Å². The van der Waals surface area contributed by atoms with E-state index in [-0.39, 0.29) is 0 Å². The van der Waals surface area contributed by atoms with Gasteiger partial charge in [-0.05, 0) is 32.1 Å². The molecule has 0 aromatic carbocycles. The molecule has 1 radical (unpaired) electrons. The van der Waals surface area contributed by atoms with Gasteiger partial charge in [0.05, 0.1) is 0 Å². The Balaban J connectivity index is 2.89. The summed E-state index contributed by atoms with van der Waals surface area (Å²) in [6.07, 6.45) is 14.6. The zero-order valence-electron chi connectivity index (χ0n) is 7.97. The van der Waals surface area contributed by atoms with Crippen LogP contribution in [0.5, 0.6) is 0 Å². The molecule has 0 heterocycles. The Bertz CT molecular complexity index is 82.0. The molecule has 0 aromatic heterocycles. The highest BCUT2D eigenvalue weighted by Gasteiger charge is 1.83. The van der Waals surface area contributed by atoms with Crippen molar-refractivity contribution in [3.63, 3.8) is 0 Å². The van der Waals surface area contributed by atoms with E-state index >= 15 is 0 Å². The monoisotopic (exact) mass is 153 g/mol. The van der Waals surface area contributed by atoms with Gasteiger partial charge in [-0.1, -0.05) is 38.8 Å². The predicted molar refractivity (Wildman–Crippen MR) is 52.5 cm³/mol. The first kappa shape index (κ1) is 10.7. The summed E-state index contributed by atoms with van der Waals surface area (Å²) >= 11 is 0. The number of unbranched alkanes of at least 4 members (excludes halogenated alkanes) is 5. The van der Waals surface area contributed by atoms with E-state index in [2.05, 4.69) is 32.4 Å². The molecule has 0 rings (SSSR count). The van der Waals surface area contributed by atoms with Gasteiger partial charge in [-0.3, -0.25) is 0 Å². The summed E-state index contributed by atoms with van der Waals surface area (Å²) in [5, 5.41) is 0. The van der Waals surface area contributed by atoms with E-state index in [9.17, 15) is 0 Å². The minimum Gasteiger partial charge on any atom is -0.0885 e. The lowest BCUT2D eigenvalue weighted by molar-refractivity contribution is 0.794. The minimum atomic E-state index is 1.22. The van der Waals surface area contributed by atoms with Gasteiger partial charge in [0.25, 0.3) is 0 Å². The van der Waals surface area contributed by atoms with Crippen LogP contribution in [-0.2, 0) is 0 Å². The van der Waals surface area contributed by atoms with Gasteiger partial charge in [0.15, 0.2) is 0 Å². The SMILES string of the molecule is CC[CH]CCC/C=C/CCC. The third kappa shape index (κ3) is 9.74. The standard InChI is InChI=1S/C11H21/c1-3-5-7-9-11-10-8-6-4-2/h5,8,10H,3-4,6-7,9,11H2,1-2H3/b10-8+. The van der Waals surface area contributed by atoms with Gasteiger partial charge in [-0.2, -0.15) is 0 Å². The highest BCUT2D eigenvalue weighted by Crippen LogP contribution is 2.02. The quantitative estimate of drug-likeness (QED) is 0.381. The number of rotatable bonds is 7. The molecule has 0 atom stereocenters. The molecule has 0 saturated heterocycles. The smallest absolute Gasteiger partial charge is 0.0351 e. The molecule has 0 N–H and O–H groups in total. The zero-order chi connectivity index (χ0) is 8.36. The van der Waals surface area contributed by atoms with Gasteiger partial charge < -0.3 is 0 Å². The van der Waals surface area contributed by atoms with Crippen molar-refractivity contribution in [1.82, 2.24) is 0 Å². The first-order valence-corrected chi connectivity index (χ1v) is 4.88. The summed E-state index contributed by atoms with van der Waals surface area (Å²) in [6.45, 7) is 4.42. The van der Waals surface area contributed by atoms with Crippen molar-refractivity contribution in [1.29, 1.82) is 0 Å². The van der Waals surface area contributed by atoms with Crippen LogP contribution in [0.15, 0.2) is 12.2 Å². The van der Waals surface area contributed by atoms with Crippen molar-refractivity contribution >= 4 is 0 Å². The second-order valence-corrected chi connectivity index (χ2v) is 2.89. The molecule has 0 nitrogen and oxygen atoms in total. The molecule has 0 aliphatic rings. The van der Waals surface area contributed by atoms with Crippen LogP contribution in [-0.4, -0.2) is 0 Å². The molecule has 11 heavy (non-hydrogen) atoms. The molecule has 65 valence electrons. The molecule has 0 amide bonds. The fourth-order valence-electron chi connectivity index (χ4n) is 0.987. The minimum absolute atomic E-state index is 1.22. The van der Waals surface area contributed by atoms with E-state index in [1.807, 2.05) is 0 Å². The largest absolute Gasteiger partial charge is 0.0885 e. The maximum Gasteiger partial charge on any atom is -0.0351 e. The second-order valence-electron chi connectivity index (χ2n) is 2.89. The van der Waals surface area contributed by atoms with Crippen LogP contribution in [0.25, 0.3) is 0 Å². The summed E-state index contributed by atoms with van der Waals surface area (Å²) in [5.74, 6) is 0. The summed E-state index contributed by atoms with van der Waals surface area (Å²) in [4.78, 5) is 0. The van der Waals surface area contributed by atoms with Crippen LogP contribution >= 0.6 is 0 Å². The topological polar surface area (TPSA) is 0 Å². The molecule has 0 unspecified atom stereocenters. The fraction of sp³-hybridized carbons (Fsp3) is 0.727. The summed E-state index contributed by atoms with van der Waals surface area (Å²) < 4.78 is 0. The summed E-state index contributed by atoms with van der Waals surface area (Å²) in [6, 6.07) is 0. The van der Waals surface area contributed by atoms with Crippen LogP contribution in [0, 0.1) is 6.42 Å². The average Bonchev–Trinajstić information content (AvgIpc) is 2.03. The first-order chi connectivity index (χ1) is 5.41. The van der Waals surface area contributed by atoms with E-state index in [1.54, 1.807) is 0 Å². The molecule has 0 spiro atoms. The van der Waals surface area contributed by atoms with Crippen molar-refractivity contribution in [3.8, 4) is 0 Å². The Kier molecular flexibility index (Phi) is 9.51. The van der Waals surface area contributed by atoms with E-state index in [1.165, 1.54) is 38.5 Å². The van der Waals surface area contributed by atoms with Gasteiger partial charge in [0.1, 0.15) is 0 Å². The van der Waals surface area contributed by atoms with Crippen molar-refractivity contribution in [3.05, 3.63) is 18.6 Å². The number of hydrogen-bond acceptors (Lipinski definition) is 0. The van der Waals surface area contributed by atoms with Crippen molar-refractivity contribution in [2.24, 2.45) is 0 Å². The predicted octanol–water partition coefficient (Wildman–Crippen LogP) is 4.13. The van der Waals surface area contributed by atoms with Crippen molar-refractivity contribution < 1.29 is 0 Å². The normalized spacial score (nSPS) is 11.1. The molecule has 0 aliphatic carbocycles. The summed E-state index contributed by atoms with van der Waals surface area (Å²) in [5.41, 5.74) is 0. The second kappa shape index (κ2) is 9.74. The Morgan fingerprint density at radius 3 is 2.27 bits per heavy atom. The lowest BCUT2D eigenvalue weighted by Gasteiger charge is -1.93. The van der Waals surface area contributed by atoms with E-state index < -0.39 is 0 Å². The lowest BCUT2D eigenvalue weighted by atomic mass is 10.1. The Morgan fingerprint density at radius 2 is 1.64 bits per heavy atom. The maximum absolute atomic E-state index is 2.35. The fourth-order valence-corrected chi connectivity index (χ4v) is 0.987. The van der Waals surface area contributed by atoms with Crippen LogP contribution in [0.3, 0.4) is 0 Å². The molecular weight excluding hydrogens is 132 g/mol.